The molecule has 0 aliphatic carbocycles. The number of ether oxygens (including phenoxy) is 1. The van der Waals surface area contributed by atoms with Gasteiger partial charge in [0.05, 0.1) is 25.5 Å². The van der Waals surface area contributed by atoms with Gasteiger partial charge in [0.2, 0.25) is 0 Å². The third kappa shape index (κ3) is 4.56. The molecule has 18 heavy (non-hydrogen) atoms. The molecule has 1 aromatic rings. The van der Waals surface area contributed by atoms with Gasteiger partial charge in [-0.2, -0.15) is 11.8 Å². The van der Waals surface area contributed by atoms with E-state index in [0.29, 0.717) is 19.8 Å². The lowest BCUT2D eigenvalue weighted by Crippen LogP contribution is -2.32. The summed E-state index contributed by atoms with van der Waals surface area (Å²) < 4.78 is 7.16. The van der Waals surface area contributed by atoms with Crippen molar-refractivity contribution in [2.24, 2.45) is 5.73 Å². The van der Waals surface area contributed by atoms with Crippen LogP contribution in [0.5, 0.6) is 0 Å². The van der Waals surface area contributed by atoms with Crippen molar-refractivity contribution in [1.82, 2.24) is 19.9 Å². The second kappa shape index (κ2) is 7.73. The standard InChI is InChI=1S/C11H21N5OS/c12-1-5-17-6-2-16-10-11(13-14-16)9-15-3-7-18-8-4-15/h10H,1-9,12H2. The number of nitrogens with two attached hydrogens (primary N) is 1. The van der Waals surface area contributed by atoms with Crippen molar-refractivity contribution in [2.45, 2.75) is 13.1 Å². The van der Waals surface area contributed by atoms with E-state index in [1.165, 1.54) is 11.5 Å². The lowest BCUT2D eigenvalue weighted by molar-refractivity contribution is 0.130. The maximum Gasteiger partial charge on any atom is 0.0967 e. The van der Waals surface area contributed by atoms with Crippen LogP contribution >= 0.6 is 11.8 Å². The molecule has 1 saturated heterocycles. The van der Waals surface area contributed by atoms with Gasteiger partial charge in [-0.25, -0.2) is 4.68 Å². The molecular formula is C11H21N5OS. The quantitative estimate of drug-likeness (QED) is 0.693. The largest absolute Gasteiger partial charge is 0.378 e. The van der Waals surface area contributed by atoms with Gasteiger partial charge in [0.25, 0.3) is 0 Å². The van der Waals surface area contributed by atoms with E-state index < -0.39 is 0 Å². The van der Waals surface area contributed by atoms with Crippen LogP contribution in [0.3, 0.4) is 0 Å². The first kappa shape index (κ1) is 13.8. The molecule has 1 aromatic heterocycles. The van der Waals surface area contributed by atoms with E-state index in [-0.39, 0.29) is 0 Å². The van der Waals surface area contributed by atoms with Gasteiger partial charge in [0.1, 0.15) is 0 Å². The van der Waals surface area contributed by atoms with Gasteiger partial charge in [-0.15, -0.1) is 5.10 Å². The zero-order valence-corrected chi connectivity index (χ0v) is 11.4. The minimum atomic E-state index is 0.565. The first-order valence-electron chi connectivity index (χ1n) is 6.35. The van der Waals surface area contributed by atoms with E-state index in [0.717, 1.165) is 31.9 Å². The van der Waals surface area contributed by atoms with Gasteiger partial charge in [0, 0.05) is 43.9 Å². The minimum absolute atomic E-state index is 0.565. The van der Waals surface area contributed by atoms with Crippen molar-refractivity contribution >= 4 is 11.8 Å². The Labute approximate surface area is 112 Å². The maximum absolute atomic E-state index is 5.35. The van der Waals surface area contributed by atoms with Crippen molar-refractivity contribution in [1.29, 1.82) is 0 Å². The Balaban J connectivity index is 1.71. The molecule has 0 atom stereocenters. The first-order valence-corrected chi connectivity index (χ1v) is 7.51. The average molecular weight is 271 g/mol. The van der Waals surface area contributed by atoms with Crippen molar-refractivity contribution in [3.63, 3.8) is 0 Å². The summed E-state index contributed by atoms with van der Waals surface area (Å²) in [5.41, 5.74) is 6.39. The summed E-state index contributed by atoms with van der Waals surface area (Å²) in [4.78, 5) is 2.43. The summed E-state index contributed by atoms with van der Waals surface area (Å²) >= 11 is 2.02. The monoisotopic (exact) mass is 271 g/mol. The normalized spacial score (nSPS) is 17.2. The van der Waals surface area contributed by atoms with Crippen LogP contribution in [0.25, 0.3) is 0 Å². The molecule has 1 aliphatic heterocycles. The van der Waals surface area contributed by atoms with Gasteiger partial charge < -0.3 is 10.5 Å². The van der Waals surface area contributed by atoms with Crippen molar-refractivity contribution < 1.29 is 4.74 Å². The summed E-state index contributed by atoms with van der Waals surface area (Å²) in [7, 11) is 0. The fourth-order valence-electron chi connectivity index (χ4n) is 1.85. The molecule has 2 rings (SSSR count). The predicted octanol–water partition coefficient (Wildman–Crippen LogP) is -0.198. The first-order chi connectivity index (χ1) is 8.88. The Morgan fingerprint density at radius 1 is 1.33 bits per heavy atom. The van der Waals surface area contributed by atoms with E-state index in [1.54, 1.807) is 0 Å². The highest BCUT2D eigenvalue weighted by molar-refractivity contribution is 7.99. The highest BCUT2D eigenvalue weighted by Crippen LogP contribution is 2.11. The number of aromatic nitrogens is 3. The molecule has 0 aromatic carbocycles. The van der Waals surface area contributed by atoms with Gasteiger partial charge in [0.15, 0.2) is 0 Å². The molecule has 1 aliphatic rings. The van der Waals surface area contributed by atoms with Crippen LogP contribution < -0.4 is 5.73 Å². The fourth-order valence-corrected chi connectivity index (χ4v) is 2.83. The van der Waals surface area contributed by atoms with E-state index in [2.05, 4.69) is 15.2 Å². The summed E-state index contributed by atoms with van der Waals surface area (Å²) in [6, 6.07) is 0. The number of thioether (sulfide) groups is 1. The molecule has 0 spiro atoms. The predicted molar refractivity (Wildman–Crippen MR) is 72.5 cm³/mol. The Morgan fingerprint density at radius 3 is 2.94 bits per heavy atom. The lowest BCUT2D eigenvalue weighted by atomic mass is 10.4. The number of hydrogen-bond donors (Lipinski definition) is 1. The topological polar surface area (TPSA) is 69.2 Å². The van der Waals surface area contributed by atoms with Gasteiger partial charge in [-0.3, -0.25) is 4.90 Å². The summed E-state index contributed by atoms with van der Waals surface area (Å²) in [6.07, 6.45) is 2.01. The second-order valence-electron chi connectivity index (χ2n) is 4.26. The van der Waals surface area contributed by atoms with Gasteiger partial charge >= 0.3 is 0 Å². The molecule has 0 unspecified atom stereocenters. The number of nitrogens with zero attached hydrogens (tertiary/aromatic N) is 4. The van der Waals surface area contributed by atoms with E-state index >= 15 is 0 Å². The Kier molecular flexibility index (Phi) is 5.92. The number of rotatable bonds is 7. The molecule has 0 radical (unpaired) electrons. The second-order valence-corrected chi connectivity index (χ2v) is 5.49. The molecule has 0 amide bonds. The van der Waals surface area contributed by atoms with Crippen LogP contribution in [0.1, 0.15) is 5.69 Å². The van der Waals surface area contributed by atoms with Crippen molar-refractivity contribution in [3.05, 3.63) is 11.9 Å². The highest BCUT2D eigenvalue weighted by atomic mass is 32.2. The van der Waals surface area contributed by atoms with Crippen LogP contribution in [0.4, 0.5) is 0 Å². The Bertz CT molecular complexity index is 340. The lowest BCUT2D eigenvalue weighted by Gasteiger charge is -2.24. The Morgan fingerprint density at radius 2 is 2.17 bits per heavy atom. The molecule has 102 valence electrons. The molecular weight excluding hydrogens is 250 g/mol. The van der Waals surface area contributed by atoms with Gasteiger partial charge in [-0.1, -0.05) is 5.21 Å². The van der Waals surface area contributed by atoms with Crippen molar-refractivity contribution in [2.75, 3.05) is 44.4 Å². The van der Waals surface area contributed by atoms with Crippen LogP contribution in [0.15, 0.2) is 6.20 Å². The highest BCUT2D eigenvalue weighted by Gasteiger charge is 2.12. The van der Waals surface area contributed by atoms with E-state index in [9.17, 15) is 0 Å². The maximum atomic E-state index is 5.35. The molecule has 2 heterocycles. The van der Waals surface area contributed by atoms with Crippen LogP contribution in [-0.4, -0.2) is 64.2 Å². The Hall–Kier alpha value is -0.630. The summed E-state index contributed by atoms with van der Waals surface area (Å²) in [5, 5.41) is 8.30. The molecule has 7 heteroatoms. The third-order valence-corrected chi connectivity index (χ3v) is 3.74. The van der Waals surface area contributed by atoms with Crippen LogP contribution in [-0.2, 0) is 17.8 Å². The summed E-state index contributed by atoms with van der Waals surface area (Å²) in [5.74, 6) is 2.45. The van der Waals surface area contributed by atoms with Crippen molar-refractivity contribution in [3.8, 4) is 0 Å². The van der Waals surface area contributed by atoms with E-state index in [1.807, 2.05) is 22.6 Å². The zero-order valence-electron chi connectivity index (χ0n) is 10.6. The van der Waals surface area contributed by atoms with Crippen LogP contribution in [0.2, 0.25) is 0 Å². The minimum Gasteiger partial charge on any atom is -0.378 e. The summed E-state index contributed by atoms with van der Waals surface area (Å²) in [6.45, 7) is 5.75. The van der Waals surface area contributed by atoms with Crippen LogP contribution in [0, 0.1) is 0 Å². The molecule has 0 saturated carbocycles. The molecule has 2 N–H and O–H groups in total. The smallest absolute Gasteiger partial charge is 0.0967 e. The molecule has 6 nitrogen and oxygen atoms in total. The molecule has 0 bridgehead atoms. The zero-order chi connectivity index (χ0) is 12.6. The van der Waals surface area contributed by atoms with Gasteiger partial charge in [-0.05, 0) is 0 Å². The SMILES string of the molecule is NCCOCCn1cc(CN2CCSCC2)nn1. The number of hydrogen-bond acceptors (Lipinski definition) is 6. The van der Waals surface area contributed by atoms with E-state index in [4.69, 9.17) is 10.5 Å². The average Bonchev–Trinajstić information content (AvgIpc) is 2.84. The third-order valence-electron chi connectivity index (χ3n) is 2.80. The fraction of sp³-hybridized carbons (Fsp3) is 0.818. The molecule has 1 fully saturated rings.